The molecule has 132 valence electrons. The largest absolute Gasteiger partial charge is 0.457 e. The first-order chi connectivity index (χ1) is 12.7. The lowest BCUT2D eigenvalue weighted by atomic mass is 10.2. The maximum atomic E-state index is 12.2. The normalized spacial score (nSPS) is 10.3. The fraction of sp³-hybridized carbons (Fsp3) is 0.143. The highest BCUT2D eigenvalue weighted by molar-refractivity contribution is 5.93. The van der Waals surface area contributed by atoms with Gasteiger partial charge in [0.25, 0.3) is 5.91 Å². The van der Waals surface area contributed by atoms with Crippen molar-refractivity contribution >= 4 is 5.91 Å². The average molecular weight is 348 g/mol. The highest BCUT2D eigenvalue weighted by Crippen LogP contribution is 2.21. The number of hydrogen-bond acceptors (Lipinski definition) is 4. The maximum Gasteiger partial charge on any atom is 0.253 e. The summed E-state index contributed by atoms with van der Waals surface area (Å²) in [5.41, 5.74) is 2.26. The van der Waals surface area contributed by atoms with Crippen molar-refractivity contribution in [1.29, 1.82) is 0 Å². The number of amides is 1. The van der Waals surface area contributed by atoms with Gasteiger partial charge in [-0.05, 0) is 42.0 Å². The first kappa shape index (κ1) is 17.6. The van der Waals surface area contributed by atoms with Crippen LogP contribution in [0.5, 0.6) is 11.5 Å². The van der Waals surface area contributed by atoms with Crippen LogP contribution >= 0.6 is 0 Å². The van der Waals surface area contributed by atoms with E-state index in [1.54, 1.807) is 25.4 Å². The van der Waals surface area contributed by atoms with Crippen LogP contribution in [0.4, 0.5) is 0 Å². The number of aromatic nitrogens is 1. The van der Waals surface area contributed by atoms with Gasteiger partial charge in [0.15, 0.2) is 0 Å². The van der Waals surface area contributed by atoms with Crippen LogP contribution in [-0.4, -0.2) is 18.0 Å². The second-order valence-electron chi connectivity index (χ2n) is 5.72. The molecule has 0 aliphatic carbocycles. The summed E-state index contributed by atoms with van der Waals surface area (Å²) < 4.78 is 10.8. The highest BCUT2D eigenvalue weighted by atomic mass is 16.5. The standard InChI is InChI=1S/C21H20N2O3/c1-25-15-18-11-10-17(14-22-18)21(24)23-13-16-6-5-9-20(12-16)26-19-7-3-2-4-8-19/h2-12,14H,13,15H2,1H3,(H,23,24). The lowest BCUT2D eigenvalue weighted by Crippen LogP contribution is -2.23. The summed E-state index contributed by atoms with van der Waals surface area (Å²) in [6, 6.07) is 20.7. The predicted molar refractivity (Wildman–Crippen MR) is 99.1 cm³/mol. The van der Waals surface area contributed by atoms with Gasteiger partial charge in [0.05, 0.1) is 17.9 Å². The molecule has 3 rings (SSSR count). The summed E-state index contributed by atoms with van der Waals surface area (Å²) >= 11 is 0. The summed E-state index contributed by atoms with van der Waals surface area (Å²) in [6.45, 7) is 0.834. The van der Waals surface area contributed by atoms with Crippen LogP contribution in [-0.2, 0) is 17.9 Å². The Morgan fingerprint density at radius 2 is 1.81 bits per heavy atom. The van der Waals surface area contributed by atoms with Gasteiger partial charge in [-0.25, -0.2) is 0 Å². The zero-order valence-corrected chi connectivity index (χ0v) is 14.5. The summed E-state index contributed by atoms with van der Waals surface area (Å²) in [6.07, 6.45) is 1.55. The first-order valence-electron chi connectivity index (χ1n) is 8.28. The van der Waals surface area contributed by atoms with Crippen molar-refractivity contribution in [3.8, 4) is 11.5 Å². The molecule has 1 aromatic heterocycles. The lowest BCUT2D eigenvalue weighted by Gasteiger charge is -2.09. The van der Waals surface area contributed by atoms with Crippen LogP contribution in [0.25, 0.3) is 0 Å². The number of nitrogens with zero attached hydrogens (tertiary/aromatic N) is 1. The summed E-state index contributed by atoms with van der Waals surface area (Å²) in [4.78, 5) is 16.4. The zero-order valence-electron chi connectivity index (χ0n) is 14.5. The molecule has 2 aromatic carbocycles. The average Bonchev–Trinajstić information content (AvgIpc) is 2.68. The lowest BCUT2D eigenvalue weighted by molar-refractivity contribution is 0.0950. The van der Waals surface area contributed by atoms with E-state index in [4.69, 9.17) is 9.47 Å². The van der Waals surface area contributed by atoms with E-state index in [2.05, 4.69) is 10.3 Å². The minimum atomic E-state index is -0.171. The molecule has 1 amide bonds. The number of nitrogens with one attached hydrogen (secondary N) is 1. The number of para-hydroxylation sites is 1. The second-order valence-corrected chi connectivity index (χ2v) is 5.72. The Morgan fingerprint density at radius 1 is 1.00 bits per heavy atom. The van der Waals surface area contributed by atoms with Crippen molar-refractivity contribution in [3.63, 3.8) is 0 Å². The molecule has 0 atom stereocenters. The summed E-state index contributed by atoms with van der Waals surface area (Å²) in [5, 5.41) is 2.89. The van der Waals surface area contributed by atoms with E-state index >= 15 is 0 Å². The Morgan fingerprint density at radius 3 is 2.54 bits per heavy atom. The van der Waals surface area contributed by atoms with Crippen molar-refractivity contribution in [1.82, 2.24) is 10.3 Å². The van der Waals surface area contributed by atoms with Gasteiger partial charge in [-0.3, -0.25) is 9.78 Å². The number of carbonyl (C=O) groups is 1. The summed E-state index contributed by atoms with van der Waals surface area (Å²) in [7, 11) is 1.61. The Labute approximate surface area is 152 Å². The number of hydrogen-bond donors (Lipinski definition) is 1. The molecule has 3 aromatic rings. The van der Waals surface area contributed by atoms with Crippen LogP contribution in [0.3, 0.4) is 0 Å². The predicted octanol–water partition coefficient (Wildman–Crippen LogP) is 3.95. The Hall–Kier alpha value is -3.18. The SMILES string of the molecule is COCc1ccc(C(=O)NCc2cccc(Oc3ccccc3)c2)cn1. The Bertz CT molecular complexity index is 849. The monoisotopic (exact) mass is 348 g/mol. The molecular weight excluding hydrogens is 328 g/mol. The molecule has 0 radical (unpaired) electrons. The number of ether oxygens (including phenoxy) is 2. The van der Waals surface area contributed by atoms with Gasteiger partial charge in [0, 0.05) is 19.9 Å². The highest BCUT2D eigenvalue weighted by Gasteiger charge is 2.07. The van der Waals surface area contributed by atoms with Crippen molar-refractivity contribution in [3.05, 3.63) is 89.7 Å². The molecule has 0 fully saturated rings. The van der Waals surface area contributed by atoms with Crippen molar-refractivity contribution in [2.75, 3.05) is 7.11 Å². The third-order valence-corrected chi connectivity index (χ3v) is 3.71. The molecule has 0 saturated heterocycles. The first-order valence-corrected chi connectivity index (χ1v) is 8.28. The van der Waals surface area contributed by atoms with Crippen LogP contribution in [0.2, 0.25) is 0 Å². The molecule has 5 heteroatoms. The third-order valence-electron chi connectivity index (χ3n) is 3.71. The molecule has 26 heavy (non-hydrogen) atoms. The van der Waals surface area contributed by atoms with E-state index in [0.717, 1.165) is 22.8 Å². The fourth-order valence-corrected chi connectivity index (χ4v) is 2.42. The van der Waals surface area contributed by atoms with Crippen molar-refractivity contribution < 1.29 is 14.3 Å². The van der Waals surface area contributed by atoms with Gasteiger partial charge < -0.3 is 14.8 Å². The van der Waals surface area contributed by atoms with Crippen LogP contribution in [0.15, 0.2) is 72.9 Å². The quantitative estimate of drug-likeness (QED) is 0.702. The van der Waals surface area contributed by atoms with Gasteiger partial charge in [-0.1, -0.05) is 30.3 Å². The smallest absolute Gasteiger partial charge is 0.253 e. The second kappa shape index (κ2) is 8.78. The Kier molecular flexibility index (Phi) is 5.96. The topological polar surface area (TPSA) is 60.5 Å². The fourth-order valence-electron chi connectivity index (χ4n) is 2.42. The molecule has 0 aliphatic rings. The molecule has 0 spiro atoms. The number of benzene rings is 2. The Balaban J connectivity index is 1.59. The van der Waals surface area contributed by atoms with Crippen molar-refractivity contribution in [2.45, 2.75) is 13.2 Å². The van der Waals surface area contributed by atoms with E-state index in [9.17, 15) is 4.79 Å². The zero-order chi connectivity index (χ0) is 18.2. The molecule has 5 nitrogen and oxygen atoms in total. The van der Waals surface area contributed by atoms with E-state index < -0.39 is 0 Å². The minimum absolute atomic E-state index is 0.171. The van der Waals surface area contributed by atoms with Crippen molar-refractivity contribution in [2.24, 2.45) is 0 Å². The van der Waals surface area contributed by atoms with Gasteiger partial charge in [-0.15, -0.1) is 0 Å². The van der Waals surface area contributed by atoms with Gasteiger partial charge in [0.2, 0.25) is 0 Å². The van der Waals surface area contributed by atoms with Crippen LogP contribution in [0, 0.1) is 0 Å². The van der Waals surface area contributed by atoms with E-state index in [0.29, 0.717) is 18.7 Å². The minimum Gasteiger partial charge on any atom is -0.457 e. The van der Waals surface area contributed by atoms with E-state index in [-0.39, 0.29) is 5.91 Å². The van der Waals surface area contributed by atoms with Gasteiger partial charge in [0.1, 0.15) is 11.5 Å². The summed E-state index contributed by atoms with van der Waals surface area (Å²) in [5.74, 6) is 1.33. The molecule has 1 N–H and O–H groups in total. The number of carbonyl (C=O) groups excluding carboxylic acids is 1. The maximum absolute atomic E-state index is 12.2. The number of methoxy groups -OCH3 is 1. The van der Waals surface area contributed by atoms with Gasteiger partial charge >= 0.3 is 0 Å². The van der Waals surface area contributed by atoms with Gasteiger partial charge in [-0.2, -0.15) is 0 Å². The molecule has 0 saturated carbocycles. The number of pyridine rings is 1. The third kappa shape index (κ3) is 4.91. The molecule has 0 aliphatic heterocycles. The van der Waals surface area contributed by atoms with E-state index in [1.807, 2.05) is 54.6 Å². The van der Waals surface area contributed by atoms with E-state index in [1.165, 1.54) is 0 Å². The molecule has 1 heterocycles. The molecular formula is C21H20N2O3. The van der Waals surface area contributed by atoms with Crippen LogP contribution in [0.1, 0.15) is 21.6 Å². The van der Waals surface area contributed by atoms with Crippen LogP contribution < -0.4 is 10.1 Å². The number of rotatable bonds is 7. The molecule has 0 bridgehead atoms. The molecule has 0 unspecified atom stereocenters.